The van der Waals surface area contributed by atoms with Gasteiger partial charge in [0.05, 0.1) is 6.54 Å². The predicted molar refractivity (Wildman–Crippen MR) is 79.5 cm³/mol. The van der Waals surface area contributed by atoms with Crippen molar-refractivity contribution in [2.45, 2.75) is 12.8 Å². The summed E-state index contributed by atoms with van der Waals surface area (Å²) in [6.07, 6.45) is 4.05. The van der Waals surface area contributed by atoms with Crippen molar-refractivity contribution in [2.75, 3.05) is 19.7 Å². The number of nitrogens with zero attached hydrogens (tertiary/aromatic N) is 3. The van der Waals surface area contributed by atoms with E-state index >= 15 is 0 Å². The third kappa shape index (κ3) is 2.51. The van der Waals surface area contributed by atoms with Gasteiger partial charge in [-0.2, -0.15) is 16.3 Å². The Labute approximate surface area is 126 Å². The molecule has 0 unspecified atom stereocenters. The fourth-order valence-electron chi connectivity index (χ4n) is 2.46. The first-order valence-electron chi connectivity index (χ1n) is 7.13. The first-order chi connectivity index (χ1) is 10.3. The Morgan fingerprint density at radius 2 is 2.33 bits per heavy atom. The van der Waals surface area contributed by atoms with Gasteiger partial charge >= 0.3 is 0 Å². The van der Waals surface area contributed by atoms with Gasteiger partial charge in [0.1, 0.15) is 12.2 Å². The number of thiophene rings is 1. The van der Waals surface area contributed by atoms with Crippen LogP contribution in [-0.2, 0) is 0 Å². The first-order valence-corrected chi connectivity index (χ1v) is 8.07. The van der Waals surface area contributed by atoms with Crippen LogP contribution in [0.5, 0.6) is 5.88 Å². The summed E-state index contributed by atoms with van der Waals surface area (Å²) in [5.74, 6) is 1.68. The van der Waals surface area contributed by atoms with Gasteiger partial charge in [-0.3, -0.25) is 4.79 Å². The molecular weight excluding hydrogens is 286 g/mol. The van der Waals surface area contributed by atoms with Crippen LogP contribution in [-0.4, -0.2) is 40.5 Å². The average Bonchev–Trinajstić information content (AvgIpc) is 3.18. The second-order valence-corrected chi connectivity index (χ2v) is 6.25. The Morgan fingerprint density at radius 3 is 3.10 bits per heavy atom. The van der Waals surface area contributed by atoms with Gasteiger partial charge in [0.2, 0.25) is 5.88 Å². The van der Waals surface area contributed by atoms with Crippen LogP contribution >= 0.6 is 11.3 Å². The van der Waals surface area contributed by atoms with Crippen LogP contribution < -0.4 is 4.74 Å². The minimum Gasteiger partial charge on any atom is -0.475 e. The lowest BCUT2D eigenvalue weighted by molar-refractivity contribution is 0.0747. The molecule has 1 saturated carbocycles. The van der Waals surface area contributed by atoms with Crippen LogP contribution in [0.3, 0.4) is 0 Å². The SMILES string of the molecule is O=C1c2cnc(-c3ccsc3)nc2OCCN1CC1CC1. The molecule has 5 nitrogen and oxygen atoms in total. The van der Waals surface area contributed by atoms with Crippen LogP contribution in [0.25, 0.3) is 11.4 Å². The van der Waals surface area contributed by atoms with E-state index in [-0.39, 0.29) is 5.91 Å². The van der Waals surface area contributed by atoms with E-state index in [1.807, 2.05) is 21.7 Å². The molecule has 0 N–H and O–H groups in total. The smallest absolute Gasteiger partial charge is 0.261 e. The number of rotatable bonds is 3. The van der Waals surface area contributed by atoms with Crippen molar-refractivity contribution >= 4 is 17.2 Å². The lowest BCUT2D eigenvalue weighted by atomic mass is 10.2. The number of amides is 1. The molecule has 4 rings (SSSR count). The van der Waals surface area contributed by atoms with E-state index in [9.17, 15) is 4.79 Å². The van der Waals surface area contributed by atoms with Gasteiger partial charge in [-0.1, -0.05) is 0 Å². The Balaban J connectivity index is 1.65. The molecule has 0 bridgehead atoms. The summed E-state index contributed by atoms with van der Waals surface area (Å²) in [7, 11) is 0. The van der Waals surface area contributed by atoms with Crippen molar-refractivity contribution in [1.82, 2.24) is 14.9 Å². The molecule has 0 aromatic carbocycles. The maximum absolute atomic E-state index is 12.6. The van der Waals surface area contributed by atoms with Gasteiger partial charge in [-0.25, -0.2) is 4.98 Å². The molecule has 2 aromatic rings. The zero-order chi connectivity index (χ0) is 14.2. The third-order valence-electron chi connectivity index (χ3n) is 3.83. The summed E-state index contributed by atoms with van der Waals surface area (Å²) in [5.41, 5.74) is 1.44. The van der Waals surface area contributed by atoms with Crippen LogP contribution in [0.15, 0.2) is 23.0 Å². The summed E-state index contributed by atoms with van der Waals surface area (Å²) < 4.78 is 5.68. The largest absolute Gasteiger partial charge is 0.475 e. The van der Waals surface area contributed by atoms with E-state index in [4.69, 9.17) is 4.74 Å². The molecule has 108 valence electrons. The quantitative estimate of drug-likeness (QED) is 0.874. The zero-order valence-corrected chi connectivity index (χ0v) is 12.3. The molecule has 3 heterocycles. The second kappa shape index (κ2) is 5.11. The summed E-state index contributed by atoms with van der Waals surface area (Å²) in [5, 5.41) is 3.97. The van der Waals surface area contributed by atoms with E-state index in [0.717, 1.165) is 12.1 Å². The molecule has 0 saturated heterocycles. The number of aromatic nitrogens is 2. The van der Waals surface area contributed by atoms with E-state index in [2.05, 4.69) is 9.97 Å². The number of fused-ring (bicyclic) bond motifs is 1. The highest BCUT2D eigenvalue weighted by Gasteiger charge is 2.31. The molecule has 0 radical (unpaired) electrons. The average molecular weight is 301 g/mol. The lowest BCUT2D eigenvalue weighted by Crippen LogP contribution is -2.34. The van der Waals surface area contributed by atoms with Crippen LogP contribution in [0.1, 0.15) is 23.2 Å². The van der Waals surface area contributed by atoms with Gasteiger partial charge in [0, 0.05) is 23.7 Å². The topological polar surface area (TPSA) is 55.3 Å². The molecule has 2 aromatic heterocycles. The summed E-state index contributed by atoms with van der Waals surface area (Å²) in [4.78, 5) is 23.2. The first kappa shape index (κ1) is 12.8. The van der Waals surface area contributed by atoms with Gasteiger partial charge in [0.15, 0.2) is 5.82 Å². The molecule has 1 aliphatic carbocycles. The third-order valence-corrected chi connectivity index (χ3v) is 4.51. The van der Waals surface area contributed by atoms with Gasteiger partial charge in [-0.15, -0.1) is 0 Å². The molecule has 0 spiro atoms. The van der Waals surface area contributed by atoms with Crippen molar-refractivity contribution in [3.63, 3.8) is 0 Å². The van der Waals surface area contributed by atoms with E-state index in [1.54, 1.807) is 17.5 Å². The number of carbonyl (C=O) groups is 1. The fourth-order valence-corrected chi connectivity index (χ4v) is 3.10. The zero-order valence-electron chi connectivity index (χ0n) is 11.5. The van der Waals surface area contributed by atoms with Crippen molar-refractivity contribution in [3.05, 3.63) is 28.6 Å². The maximum atomic E-state index is 12.6. The second-order valence-electron chi connectivity index (χ2n) is 5.47. The number of hydrogen-bond donors (Lipinski definition) is 0. The summed E-state index contributed by atoms with van der Waals surface area (Å²) >= 11 is 1.59. The molecule has 21 heavy (non-hydrogen) atoms. The highest BCUT2D eigenvalue weighted by Crippen LogP contribution is 2.31. The van der Waals surface area contributed by atoms with E-state index in [1.165, 1.54) is 12.8 Å². The van der Waals surface area contributed by atoms with Crippen LogP contribution in [0.4, 0.5) is 0 Å². The Morgan fingerprint density at radius 1 is 1.43 bits per heavy atom. The maximum Gasteiger partial charge on any atom is 0.261 e. The minimum absolute atomic E-state index is 0.00808. The molecule has 6 heteroatoms. The predicted octanol–water partition coefficient (Wildman–Crippen LogP) is 2.45. The Kier molecular flexibility index (Phi) is 3.11. The summed E-state index contributed by atoms with van der Waals surface area (Å²) in [6.45, 7) is 1.94. The van der Waals surface area contributed by atoms with Crippen molar-refractivity contribution in [1.29, 1.82) is 0 Å². The van der Waals surface area contributed by atoms with Gasteiger partial charge < -0.3 is 9.64 Å². The van der Waals surface area contributed by atoms with Crippen molar-refractivity contribution in [3.8, 4) is 17.3 Å². The fraction of sp³-hybridized carbons (Fsp3) is 0.400. The Bertz CT molecular complexity index is 668. The van der Waals surface area contributed by atoms with Gasteiger partial charge in [-0.05, 0) is 30.2 Å². The molecule has 2 aliphatic rings. The van der Waals surface area contributed by atoms with Crippen molar-refractivity contribution < 1.29 is 9.53 Å². The molecule has 1 aliphatic heterocycles. The molecular formula is C15H15N3O2S. The van der Waals surface area contributed by atoms with E-state index < -0.39 is 0 Å². The number of carbonyl (C=O) groups excluding carboxylic acids is 1. The molecule has 1 fully saturated rings. The van der Waals surface area contributed by atoms with Crippen molar-refractivity contribution in [2.24, 2.45) is 5.92 Å². The summed E-state index contributed by atoms with van der Waals surface area (Å²) in [6, 6.07) is 1.96. The van der Waals surface area contributed by atoms with E-state index in [0.29, 0.717) is 36.3 Å². The van der Waals surface area contributed by atoms with Gasteiger partial charge in [0.25, 0.3) is 5.91 Å². The lowest BCUT2D eigenvalue weighted by Gasteiger charge is -2.19. The Hall–Kier alpha value is -1.95. The number of ether oxygens (including phenoxy) is 1. The minimum atomic E-state index is -0.00808. The number of hydrogen-bond acceptors (Lipinski definition) is 5. The standard InChI is InChI=1S/C15H15N3O2S/c19-15-12-7-16-13(11-3-6-21-9-11)17-14(12)20-5-4-18(15)8-10-1-2-10/h3,6-7,9-10H,1-2,4-5,8H2. The van der Waals surface area contributed by atoms with Crippen LogP contribution in [0, 0.1) is 5.92 Å². The highest BCUT2D eigenvalue weighted by atomic mass is 32.1. The monoisotopic (exact) mass is 301 g/mol. The van der Waals surface area contributed by atoms with Crippen LogP contribution in [0.2, 0.25) is 0 Å². The highest BCUT2D eigenvalue weighted by molar-refractivity contribution is 7.08. The normalized spacial score (nSPS) is 18.1. The molecule has 1 amide bonds. The molecule has 0 atom stereocenters.